The molecule has 188 valence electrons. The second kappa shape index (κ2) is 8.97. The minimum absolute atomic E-state index is 0.0750. The fourth-order valence-corrected chi connectivity index (χ4v) is 4.65. The van der Waals surface area contributed by atoms with Crippen molar-refractivity contribution >= 4 is 17.2 Å². The Kier molecular flexibility index (Phi) is 6.08. The Hall–Kier alpha value is -3.31. The molecule has 1 fully saturated rings. The van der Waals surface area contributed by atoms with Crippen molar-refractivity contribution in [3.05, 3.63) is 80.5 Å². The number of aromatic nitrogens is 5. The molecule has 0 saturated carbocycles. The van der Waals surface area contributed by atoms with Gasteiger partial charge in [-0.25, -0.2) is 9.37 Å². The number of alkyl halides is 3. The molecule has 4 aromatic rings. The molecule has 0 unspecified atom stereocenters. The number of hydrogen-bond acceptors (Lipinski definition) is 5. The Balaban J connectivity index is 1.66. The van der Waals surface area contributed by atoms with Gasteiger partial charge in [0.05, 0.1) is 29.9 Å². The van der Waals surface area contributed by atoms with E-state index >= 15 is 4.39 Å². The molecule has 0 spiro atoms. The summed E-state index contributed by atoms with van der Waals surface area (Å²) < 4.78 is 61.3. The van der Waals surface area contributed by atoms with Gasteiger partial charge >= 0.3 is 6.30 Å². The zero-order chi connectivity index (χ0) is 25.8. The van der Waals surface area contributed by atoms with E-state index in [2.05, 4.69) is 15.1 Å². The molecule has 1 aliphatic heterocycles. The van der Waals surface area contributed by atoms with Crippen LogP contribution in [0.5, 0.6) is 0 Å². The second-order valence-corrected chi connectivity index (χ2v) is 9.14. The predicted octanol–water partition coefficient (Wildman–Crippen LogP) is 5.47. The van der Waals surface area contributed by atoms with Crippen molar-refractivity contribution in [2.45, 2.75) is 45.0 Å². The maximum atomic E-state index is 15.2. The van der Waals surface area contributed by atoms with Gasteiger partial charge in [-0.3, -0.25) is 14.2 Å². The number of ether oxygens (including phenoxy) is 1. The molecule has 1 aliphatic rings. The quantitative estimate of drug-likeness (QED) is 0.334. The predicted molar refractivity (Wildman–Crippen MR) is 123 cm³/mol. The lowest BCUT2D eigenvalue weighted by Gasteiger charge is -2.30. The molecule has 2 atom stereocenters. The Bertz CT molecular complexity index is 1530. The zero-order valence-electron chi connectivity index (χ0n) is 19.2. The third-order valence-electron chi connectivity index (χ3n) is 6.45. The summed E-state index contributed by atoms with van der Waals surface area (Å²) in [6, 6.07) is 4.14. The van der Waals surface area contributed by atoms with E-state index in [-0.39, 0.29) is 56.7 Å². The van der Waals surface area contributed by atoms with Crippen molar-refractivity contribution < 1.29 is 22.3 Å². The van der Waals surface area contributed by atoms with Crippen molar-refractivity contribution in [1.29, 1.82) is 0 Å². The summed E-state index contributed by atoms with van der Waals surface area (Å²) in [5.74, 6) is -0.987. The molecule has 36 heavy (non-hydrogen) atoms. The topological polar surface area (TPSA) is 74.3 Å². The van der Waals surface area contributed by atoms with Gasteiger partial charge in [0.1, 0.15) is 5.82 Å². The molecule has 7 nitrogen and oxygen atoms in total. The summed E-state index contributed by atoms with van der Waals surface area (Å²) in [4.78, 5) is 22.4. The first-order valence-corrected chi connectivity index (χ1v) is 11.5. The number of fused-ring (bicyclic) bond motifs is 1. The second-order valence-electron chi connectivity index (χ2n) is 8.70. The average Bonchev–Trinajstić information content (AvgIpc) is 3.34. The van der Waals surface area contributed by atoms with Crippen LogP contribution < -0.4 is 5.56 Å². The number of aryl methyl sites for hydroxylation is 1. The van der Waals surface area contributed by atoms with Crippen molar-refractivity contribution in [2.24, 2.45) is 0 Å². The molecule has 0 bridgehead atoms. The lowest BCUT2D eigenvalue weighted by molar-refractivity contribution is -0.212. The molecular formula is C24H20ClF4N5O2. The standard InChI is InChI=1S/C24H20ClF4N5O2/c1-12-13(2)32-20-10-30-21(22(34(20)23(12)35)17-4-3-16(25)8-18(17)26)14-5-6-36-19(7-14)15-9-31-33(11-15)24(27,28)29/h3-4,8-11,14,19H,5-7H2,1-2H3/t14-,19+/m0/s1. The Labute approximate surface area is 207 Å². The largest absolute Gasteiger partial charge is 0.504 e. The van der Waals surface area contributed by atoms with E-state index in [0.717, 1.165) is 18.5 Å². The van der Waals surface area contributed by atoms with E-state index in [4.69, 9.17) is 16.3 Å². The highest BCUT2D eigenvalue weighted by Gasteiger charge is 2.35. The third kappa shape index (κ3) is 4.26. The van der Waals surface area contributed by atoms with E-state index in [0.29, 0.717) is 23.4 Å². The average molecular weight is 522 g/mol. The van der Waals surface area contributed by atoms with Crippen LogP contribution in [0, 0.1) is 19.7 Å². The first-order chi connectivity index (χ1) is 17.0. The summed E-state index contributed by atoms with van der Waals surface area (Å²) >= 11 is 5.97. The maximum absolute atomic E-state index is 15.2. The first kappa shape index (κ1) is 24.4. The van der Waals surface area contributed by atoms with Gasteiger partial charge in [0.2, 0.25) is 0 Å². The summed E-state index contributed by atoms with van der Waals surface area (Å²) in [5.41, 5.74) is 1.88. The summed E-state index contributed by atoms with van der Waals surface area (Å²) in [5, 5.41) is 3.59. The summed E-state index contributed by atoms with van der Waals surface area (Å²) in [6.07, 6.45) is -1.14. The molecule has 5 rings (SSSR count). The van der Waals surface area contributed by atoms with Gasteiger partial charge < -0.3 is 4.74 Å². The van der Waals surface area contributed by atoms with Crippen LogP contribution in [0.2, 0.25) is 5.02 Å². The number of nitrogens with zero attached hydrogens (tertiary/aromatic N) is 5. The van der Waals surface area contributed by atoms with Gasteiger partial charge in [-0.2, -0.15) is 9.78 Å². The van der Waals surface area contributed by atoms with Crippen LogP contribution in [0.15, 0.2) is 41.6 Å². The monoisotopic (exact) mass is 521 g/mol. The third-order valence-corrected chi connectivity index (χ3v) is 6.69. The maximum Gasteiger partial charge on any atom is 0.504 e. The Morgan fingerprint density at radius 1 is 1.19 bits per heavy atom. The lowest BCUT2D eigenvalue weighted by atomic mass is 9.87. The highest BCUT2D eigenvalue weighted by molar-refractivity contribution is 6.30. The fourth-order valence-electron chi connectivity index (χ4n) is 4.50. The normalized spacial score (nSPS) is 18.6. The number of rotatable bonds is 3. The van der Waals surface area contributed by atoms with E-state index < -0.39 is 18.2 Å². The smallest absolute Gasteiger partial charge is 0.373 e. The van der Waals surface area contributed by atoms with Gasteiger partial charge in [0.15, 0.2) is 5.65 Å². The van der Waals surface area contributed by atoms with E-state index in [1.165, 1.54) is 22.7 Å². The van der Waals surface area contributed by atoms with Crippen LogP contribution in [0.3, 0.4) is 0 Å². The number of hydrogen-bond donors (Lipinski definition) is 0. The van der Waals surface area contributed by atoms with Gasteiger partial charge in [-0.15, -0.1) is 13.2 Å². The van der Waals surface area contributed by atoms with E-state index in [1.54, 1.807) is 13.8 Å². The number of benzene rings is 1. The molecule has 1 saturated heterocycles. The molecular weight excluding hydrogens is 502 g/mol. The van der Waals surface area contributed by atoms with Gasteiger partial charge in [0.25, 0.3) is 5.56 Å². The van der Waals surface area contributed by atoms with Crippen LogP contribution in [-0.4, -0.2) is 30.8 Å². The van der Waals surface area contributed by atoms with Gasteiger partial charge in [-0.1, -0.05) is 11.6 Å². The van der Waals surface area contributed by atoms with E-state index in [1.807, 2.05) is 0 Å². The number of halogens is 5. The van der Waals surface area contributed by atoms with Crippen molar-refractivity contribution in [3.63, 3.8) is 0 Å². The molecule has 0 aliphatic carbocycles. The molecule has 0 amide bonds. The van der Waals surface area contributed by atoms with Crippen molar-refractivity contribution in [3.8, 4) is 11.3 Å². The zero-order valence-corrected chi connectivity index (χ0v) is 19.9. The molecule has 0 radical (unpaired) electrons. The van der Waals surface area contributed by atoms with Crippen LogP contribution in [0.1, 0.15) is 47.4 Å². The van der Waals surface area contributed by atoms with Gasteiger partial charge in [0, 0.05) is 46.1 Å². The van der Waals surface area contributed by atoms with Crippen LogP contribution in [0.25, 0.3) is 16.9 Å². The Morgan fingerprint density at radius 3 is 2.67 bits per heavy atom. The molecule has 0 N–H and O–H groups in total. The SMILES string of the molecule is Cc1nc2cnc([C@H]3CCO[C@@H](c4cnn(C(F)(F)F)c4)C3)c(-c3ccc(Cl)cc3F)n2c(=O)c1C. The van der Waals surface area contributed by atoms with Crippen LogP contribution >= 0.6 is 11.6 Å². The highest BCUT2D eigenvalue weighted by atomic mass is 35.5. The highest BCUT2D eigenvalue weighted by Crippen LogP contribution is 2.41. The molecule has 12 heteroatoms. The minimum atomic E-state index is -4.64. The molecule has 1 aromatic carbocycles. The summed E-state index contributed by atoms with van der Waals surface area (Å²) in [7, 11) is 0. The first-order valence-electron chi connectivity index (χ1n) is 11.1. The summed E-state index contributed by atoms with van der Waals surface area (Å²) in [6.45, 7) is 3.58. The van der Waals surface area contributed by atoms with Crippen molar-refractivity contribution in [2.75, 3.05) is 6.61 Å². The van der Waals surface area contributed by atoms with Crippen LogP contribution in [-0.2, 0) is 11.0 Å². The van der Waals surface area contributed by atoms with Crippen molar-refractivity contribution in [1.82, 2.24) is 24.1 Å². The lowest BCUT2D eigenvalue weighted by Crippen LogP contribution is -2.25. The molecule has 4 heterocycles. The minimum Gasteiger partial charge on any atom is -0.373 e. The Morgan fingerprint density at radius 2 is 1.97 bits per heavy atom. The molecule has 3 aromatic heterocycles. The van der Waals surface area contributed by atoms with Gasteiger partial charge in [-0.05, 0) is 44.9 Å². The van der Waals surface area contributed by atoms with E-state index in [9.17, 15) is 18.0 Å². The fraction of sp³-hybridized carbons (Fsp3) is 0.333. The van der Waals surface area contributed by atoms with Crippen LogP contribution in [0.4, 0.5) is 17.6 Å².